The molecule has 1 aromatic heterocycles. The van der Waals surface area contributed by atoms with Crippen LogP contribution in [0.15, 0.2) is 10.6 Å². The van der Waals surface area contributed by atoms with Gasteiger partial charge in [0.05, 0.1) is 13.1 Å². The SMILES string of the molecule is CO[C@H]1CN(C(=O)c2cc(C)on2)C[C@@]12CCCO2. The first-order valence-corrected chi connectivity index (χ1v) is 6.54. The van der Waals surface area contributed by atoms with Crippen LogP contribution in [-0.4, -0.2) is 54.5 Å². The monoisotopic (exact) mass is 266 g/mol. The summed E-state index contributed by atoms with van der Waals surface area (Å²) in [6.45, 7) is 3.62. The molecule has 1 amide bonds. The fourth-order valence-electron chi connectivity index (χ4n) is 3.03. The number of carbonyl (C=O) groups is 1. The van der Waals surface area contributed by atoms with Gasteiger partial charge in [-0.3, -0.25) is 4.79 Å². The van der Waals surface area contributed by atoms with E-state index < -0.39 is 0 Å². The van der Waals surface area contributed by atoms with Crippen molar-refractivity contribution in [1.82, 2.24) is 10.1 Å². The Kier molecular flexibility index (Phi) is 3.06. The van der Waals surface area contributed by atoms with Crippen LogP contribution in [0.2, 0.25) is 0 Å². The number of nitrogens with zero attached hydrogens (tertiary/aromatic N) is 2. The van der Waals surface area contributed by atoms with E-state index in [4.69, 9.17) is 14.0 Å². The Morgan fingerprint density at radius 3 is 3.05 bits per heavy atom. The Hall–Kier alpha value is -1.40. The van der Waals surface area contributed by atoms with Gasteiger partial charge in [0.25, 0.3) is 5.91 Å². The summed E-state index contributed by atoms with van der Waals surface area (Å²) in [5, 5.41) is 3.78. The van der Waals surface area contributed by atoms with E-state index in [2.05, 4.69) is 5.16 Å². The molecule has 0 aromatic carbocycles. The average Bonchev–Trinajstić information content (AvgIpc) is 3.10. The van der Waals surface area contributed by atoms with Gasteiger partial charge in [-0.1, -0.05) is 5.16 Å². The van der Waals surface area contributed by atoms with Crippen molar-refractivity contribution >= 4 is 5.91 Å². The highest BCUT2D eigenvalue weighted by Crippen LogP contribution is 2.37. The minimum atomic E-state index is -0.330. The molecule has 0 radical (unpaired) electrons. The molecule has 0 saturated carbocycles. The van der Waals surface area contributed by atoms with Gasteiger partial charge >= 0.3 is 0 Å². The minimum absolute atomic E-state index is 0.0630. The van der Waals surface area contributed by atoms with Gasteiger partial charge in [-0.25, -0.2) is 0 Å². The summed E-state index contributed by atoms with van der Waals surface area (Å²) in [5.74, 6) is 0.518. The number of likely N-dealkylation sites (tertiary alicyclic amines) is 1. The summed E-state index contributed by atoms with van der Waals surface area (Å²) in [4.78, 5) is 14.1. The van der Waals surface area contributed by atoms with Gasteiger partial charge in [-0.15, -0.1) is 0 Å². The Bertz CT molecular complexity index is 479. The average molecular weight is 266 g/mol. The molecule has 3 heterocycles. The number of carbonyl (C=O) groups excluding carboxylic acids is 1. The Balaban J connectivity index is 1.78. The molecule has 2 fully saturated rings. The fraction of sp³-hybridized carbons (Fsp3) is 0.692. The zero-order valence-electron chi connectivity index (χ0n) is 11.2. The van der Waals surface area contributed by atoms with Crippen molar-refractivity contribution in [1.29, 1.82) is 0 Å². The molecule has 6 heteroatoms. The molecule has 2 aliphatic heterocycles. The third kappa shape index (κ3) is 2.04. The standard InChI is InChI=1S/C13H18N2O4/c1-9-6-10(14-19-9)12(16)15-7-11(17-2)13(8-15)4-3-5-18-13/h6,11H,3-5,7-8H2,1-2H3/t11-,13-/m0/s1. The highest BCUT2D eigenvalue weighted by molar-refractivity contribution is 5.92. The van der Waals surface area contributed by atoms with Crippen molar-refractivity contribution in [3.63, 3.8) is 0 Å². The maximum Gasteiger partial charge on any atom is 0.276 e. The zero-order chi connectivity index (χ0) is 13.5. The van der Waals surface area contributed by atoms with Gasteiger partial charge in [-0.05, 0) is 19.8 Å². The van der Waals surface area contributed by atoms with Crippen LogP contribution >= 0.6 is 0 Å². The number of aryl methyl sites for hydroxylation is 1. The van der Waals surface area contributed by atoms with Gasteiger partial charge in [0.1, 0.15) is 17.5 Å². The van der Waals surface area contributed by atoms with Gasteiger partial charge in [0.15, 0.2) is 5.69 Å². The lowest BCUT2D eigenvalue weighted by Crippen LogP contribution is -2.42. The summed E-state index contributed by atoms with van der Waals surface area (Å²) in [6, 6.07) is 1.66. The van der Waals surface area contributed by atoms with Crippen LogP contribution in [0.25, 0.3) is 0 Å². The predicted molar refractivity (Wildman–Crippen MR) is 65.9 cm³/mol. The maximum absolute atomic E-state index is 12.4. The number of aromatic nitrogens is 1. The topological polar surface area (TPSA) is 64.8 Å². The largest absolute Gasteiger partial charge is 0.377 e. The predicted octanol–water partition coefficient (Wildman–Crippen LogP) is 1.00. The molecule has 0 N–H and O–H groups in total. The van der Waals surface area contributed by atoms with Crippen LogP contribution in [0.5, 0.6) is 0 Å². The van der Waals surface area contributed by atoms with E-state index >= 15 is 0 Å². The Morgan fingerprint density at radius 1 is 1.63 bits per heavy atom. The first-order chi connectivity index (χ1) is 9.14. The molecule has 0 bridgehead atoms. The molecule has 1 spiro atoms. The summed E-state index contributed by atoms with van der Waals surface area (Å²) in [5.41, 5.74) is 0.0193. The summed E-state index contributed by atoms with van der Waals surface area (Å²) in [7, 11) is 1.67. The van der Waals surface area contributed by atoms with Crippen molar-refractivity contribution in [2.24, 2.45) is 0 Å². The second-order valence-electron chi connectivity index (χ2n) is 5.25. The lowest BCUT2D eigenvalue weighted by molar-refractivity contribution is -0.0755. The first-order valence-electron chi connectivity index (χ1n) is 6.54. The summed E-state index contributed by atoms with van der Waals surface area (Å²) in [6.07, 6.45) is 1.89. The van der Waals surface area contributed by atoms with E-state index in [1.54, 1.807) is 25.0 Å². The van der Waals surface area contributed by atoms with E-state index in [0.29, 0.717) is 24.5 Å². The van der Waals surface area contributed by atoms with Gasteiger partial charge in [0.2, 0.25) is 0 Å². The van der Waals surface area contributed by atoms with Crippen molar-refractivity contribution in [3.8, 4) is 0 Å². The van der Waals surface area contributed by atoms with Gasteiger partial charge < -0.3 is 18.9 Å². The van der Waals surface area contributed by atoms with E-state index in [0.717, 1.165) is 19.4 Å². The van der Waals surface area contributed by atoms with E-state index in [-0.39, 0.29) is 17.6 Å². The number of hydrogen-bond acceptors (Lipinski definition) is 5. The smallest absolute Gasteiger partial charge is 0.276 e. The van der Waals surface area contributed by atoms with Crippen molar-refractivity contribution in [3.05, 3.63) is 17.5 Å². The number of hydrogen-bond donors (Lipinski definition) is 0. The molecule has 2 aliphatic rings. The molecule has 2 atom stereocenters. The molecular formula is C13H18N2O4. The first kappa shape index (κ1) is 12.6. The van der Waals surface area contributed by atoms with Crippen molar-refractivity contribution in [2.75, 3.05) is 26.8 Å². The van der Waals surface area contributed by atoms with Crippen LogP contribution in [0.4, 0.5) is 0 Å². The lowest BCUT2D eigenvalue weighted by atomic mass is 9.96. The van der Waals surface area contributed by atoms with Crippen LogP contribution in [0, 0.1) is 6.92 Å². The van der Waals surface area contributed by atoms with Crippen molar-refractivity contribution < 1.29 is 18.8 Å². The minimum Gasteiger partial charge on any atom is -0.377 e. The number of methoxy groups -OCH3 is 1. The van der Waals surface area contributed by atoms with Gasteiger partial charge in [0, 0.05) is 19.8 Å². The normalized spacial score (nSPS) is 30.4. The molecule has 0 unspecified atom stereocenters. The van der Waals surface area contributed by atoms with Crippen molar-refractivity contribution in [2.45, 2.75) is 31.5 Å². The third-order valence-electron chi connectivity index (χ3n) is 3.98. The van der Waals surface area contributed by atoms with Gasteiger partial charge in [-0.2, -0.15) is 0 Å². The quantitative estimate of drug-likeness (QED) is 0.799. The lowest BCUT2D eigenvalue weighted by Gasteiger charge is -2.27. The van der Waals surface area contributed by atoms with Crippen LogP contribution in [0.1, 0.15) is 29.1 Å². The Morgan fingerprint density at radius 2 is 2.47 bits per heavy atom. The molecule has 104 valence electrons. The molecule has 1 aromatic rings. The molecule has 2 saturated heterocycles. The maximum atomic E-state index is 12.4. The number of amides is 1. The molecule has 3 rings (SSSR count). The molecule has 19 heavy (non-hydrogen) atoms. The molecular weight excluding hydrogens is 248 g/mol. The highest BCUT2D eigenvalue weighted by atomic mass is 16.6. The second kappa shape index (κ2) is 4.61. The molecule has 0 aliphatic carbocycles. The molecule has 6 nitrogen and oxygen atoms in total. The fourth-order valence-corrected chi connectivity index (χ4v) is 3.03. The number of rotatable bonds is 2. The zero-order valence-corrected chi connectivity index (χ0v) is 11.2. The van der Waals surface area contributed by atoms with Crippen LogP contribution < -0.4 is 0 Å². The summed E-state index contributed by atoms with van der Waals surface area (Å²) < 4.78 is 16.3. The third-order valence-corrected chi connectivity index (χ3v) is 3.98. The van der Waals surface area contributed by atoms with Crippen LogP contribution in [-0.2, 0) is 9.47 Å². The van der Waals surface area contributed by atoms with E-state index in [9.17, 15) is 4.79 Å². The second-order valence-corrected chi connectivity index (χ2v) is 5.25. The van der Waals surface area contributed by atoms with Crippen LogP contribution in [0.3, 0.4) is 0 Å². The Labute approximate surface area is 111 Å². The highest BCUT2D eigenvalue weighted by Gasteiger charge is 2.51. The van der Waals surface area contributed by atoms with E-state index in [1.807, 2.05) is 0 Å². The van der Waals surface area contributed by atoms with E-state index in [1.165, 1.54) is 0 Å². The summed E-state index contributed by atoms with van der Waals surface area (Å²) >= 11 is 0. The number of ether oxygens (including phenoxy) is 2.